The second-order valence-electron chi connectivity index (χ2n) is 10.4. The fourth-order valence-corrected chi connectivity index (χ4v) is 5.91. The topological polar surface area (TPSA) is 87.2 Å². The highest BCUT2D eigenvalue weighted by Gasteiger charge is 2.42. The van der Waals surface area contributed by atoms with Crippen LogP contribution in [0.25, 0.3) is 0 Å². The van der Waals surface area contributed by atoms with E-state index in [1.54, 1.807) is 65.4 Å². The number of hydrogen-bond donors (Lipinski definition) is 0. The van der Waals surface area contributed by atoms with Crippen LogP contribution < -0.4 is 14.5 Å². The average molecular weight is 560 g/mol. The van der Waals surface area contributed by atoms with Crippen molar-refractivity contribution in [3.8, 4) is 5.75 Å². The number of nitrogens with zero attached hydrogens (tertiary/aromatic N) is 3. The number of carbonyl (C=O) groups excluding carboxylic acids is 4. The minimum absolute atomic E-state index is 0.170. The van der Waals surface area contributed by atoms with Crippen LogP contribution in [-0.2, 0) is 4.79 Å². The molecule has 2 unspecified atom stereocenters. The molecule has 210 valence electrons. The Bertz CT molecular complexity index is 1670. The van der Waals surface area contributed by atoms with Gasteiger partial charge in [-0.2, -0.15) is 0 Å². The van der Waals surface area contributed by atoms with Crippen LogP contribution in [0.2, 0.25) is 0 Å². The number of hydrogen-bond acceptors (Lipinski definition) is 5. The van der Waals surface area contributed by atoms with E-state index in [9.17, 15) is 19.2 Å². The molecule has 2 aliphatic heterocycles. The van der Waals surface area contributed by atoms with Crippen molar-refractivity contribution in [1.82, 2.24) is 4.90 Å². The van der Waals surface area contributed by atoms with E-state index in [2.05, 4.69) is 0 Å². The van der Waals surface area contributed by atoms with Gasteiger partial charge in [0, 0.05) is 23.0 Å². The summed E-state index contributed by atoms with van der Waals surface area (Å²) in [6.07, 6.45) is 0.440. The lowest BCUT2D eigenvalue weighted by Gasteiger charge is -2.43. The van der Waals surface area contributed by atoms with Crippen LogP contribution in [0.3, 0.4) is 0 Å². The molecule has 2 heterocycles. The molecule has 0 fully saturated rings. The second kappa shape index (κ2) is 11.0. The van der Waals surface area contributed by atoms with Crippen molar-refractivity contribution in [3.63, 3.8) is 0 Å². The Morgan fingerprint density at radius 3 is 2.17 bits per heavy atom. The molecule has 4 aromatic rings. The van der Waals surface area contributed by atoms with E-state index in [0.717, 1.165) is 10.5 Å². The molecule has 6 rings (SSSR count). The maximum atomic E-state index is 14.2. The normalized spacial score (nSPS) is 17.5. The Balaban J connectivity index is 1.37. The molecule has 2 aliphatic rings. The Kier molecular flexibility index (Phi) is 7.04. The SMILES string of the molecule is COc1cccc(C(=O)N2c3ccccc3C(N(C(=O)CN3C(=O)c4ccccc4C3=O)c3ccccc3)CC2C)c1. The lowest BCUT2D eigenvalue weighted by Crippen LogP contribution is -2.50. The van der Waals surface area contributed by atoms with Crippen molar-refractivity contribution < 1.29 is 23.9 Å². The first-order valence-electron chi connectivity index (χ1n) is 13.8. The maximum Gasteiger partial charge on any atom is 0.262 e. The number of methoxy groups -OCH3 is 1. The summed E-state index contributed by atoms with van der Waals surface area (Å²) >= 11 is 0. The highest BCUT2D eigenvalue weighted by atomic mass is 16.5. The molecule has 8 heteroatoms. The van der Waals surface area contributed by atoms with Gasteiger partial charge in [-0.15, -0.1) is 0 Å². The molecule has 8 nitrogen and oxygen atoms in total. The summed E-state index contributed by atoms with van der Waals surface area (Å²) in [7, 11) is 1.56. The van der Waals surface area contributed by atoms with Crippen molar-refractivity contribution in [3.05, 3.63) is 125 Å². The minimum Gasteiger partial charge on any atom is -0.497 e. The van der Waals surface area contributed by atoms with Crippen LogP contribution in [0, 0.1) is 0 Å². The third-order valence-corrected chi connectivity index (χ3v) is 7.88. The molecule has 0 radical (unpaired) electrons. The molecule has 0 bridgehead atoms. The highest BCUT2D eigenvalue weighted by molar-refractivity contribution is 6.22. The molecular weight excluding hydrogens is 530 g/mol. The summed E-state index contributed by atoms with van der Waals surface area (Å²) in [6.45, 7) is 1.56. The molecule has 0 spiro atoms. The lowest BCUT2D eigenvalue weighted by molar-refractivity contribution is -0.119. The predicted molar refractivity (Wildman–Crippen MR) is 159 cm³/mol. The van der Waals surface area contributed by atoms with Crippen molar-refractivity contribution in [2.75, 3.05) is 23.5 Å². The summed E-state index contributed by atoms with van der Waals surface area (Å²) < 4.78 is 5.34. The second-order valence-corrected chi connectivity index (χ2v) is 10.4. The molecule has 42 heavy (non-hydrogen) atoms. The van der Waals surface area contributed by atoms with Gasteiger partial charge in [-0.05, 0) is 67.4 Å². The van der Waals surface area contributed by atoms with Gasteiger partial charge in [0.25, 0.3) is 17.7 Å². The molecule has 0 saturated heterocycles. The number of anilines is 2. The van der Waals surface area contributed by atoms with E-state index in [0.29, 0.717) is 40.2 Å². The van der Waals surface area contributed by atoms with Gasteiger partial charge in [0.2, 0.25) is 5.91 Å². The Labute approximate surface area is 243 Å². The number of amides is 4. The first-order chi connectivity index (χ1) is 20.4. The average Bonchev–Trinajstić information content (AvgIpc) is 3.26. The number of rotatable bonds is 6. The quantitative estimate of drug-likeness (QED) is 0.291. The summed E-state index contributed by atoms with van der Waals surface area (Å²) in [5, 5.41) is 0. The van der Waals surface area contributed by atoms with E-state index in [1.807, 2.05) is 61.5 Å². The van der Waals surface area contributed by atoms with Gasteiger partial charge < -0.3 is 14.5 Å². The number of carbonyl (C=O) groups is 4. The smallest absolute Gasteiger partial charge is 0.262 e. The zero-order chi connectivity index (χ0) is 29.4. The number of benzene rings is 4. The van der Waals surface area contributed by atoms with E-state index in [-0.39, 0.29) is 11.9 Å². The molecule has 2 atom stereocenters. The van der Waals surface area contributed by atoms with Gasteiger partial charge in [0.15, 0.2) is 0 Å². The number of imide groups is 1. The maximum absolute atomic E-state index is 14.2. The van der Waals surface area contributed by atoms with Crippen molar-refractivity contribution in [1.29, 1.82) is 0 Å². The standard InChI is InChI=1S/C34H29N3O5/c1-22-19-30(28-17-8-9-18-29(28)36(22)32(39)23-11-10-14-25(20-23)42-2)37(24-12-4-3-5-13-24)31(38)21-35-33(40)26-15-6-7-16-27(26)34(35)41/h3-18,20,22,30H,19,21H2,1-2H3. The lowest BCUT2D eigenvalue weighted by atomic mass is 9.89. The summed E-state index contributed by atoms with van der Waals surface area (Å²) in [6, 6.07) is 29.7. The van der Waals surface area contributed by atoms with Crippen molar-refractivity contribution >= 4 is 35.0 Å². The zero-order valence-electron chi connectivity index (χ0n) is 23.3. The number of fused-ring (bicyclic) bond motifs is 2. The summed E-state index contributed by atoms with van der Waals surface area (Å²) in [4.78, 5) is 58.6. The Hall–Kier alpha value is -5.24. The molecule has 0 N–H and O–H groups in total. The van der Waals surface area contributed by atoms with Crippen molar-refractivity contribution in [2.45, 2.75) is 25.4 Å². The molecule has 0 aliphatic carbocycles. The van der Waals surface area contributed by atoms with Gasteiger partial charge in [-0.3, -0.25) is 24.1 Å². The van der Waals surface area contributed by atoms with Crippen LogP contribution >= 0.6 is 0 Å². The van der Waals surface area contributed by atoms with E-state index < -0.39 is 30.3 Å². The van der Waals surface area contributed by atoms with Crippen LogP contribution in [0.4, 0.5) is 11.4 Å². The van der Waals surface area contributed by atoms with E-state index in [1.165, 1.54) is 0 Å². The largest absolute Gasteiger partial charge is 0.497 e. The highest BCUT2D eigenvalue weighted by Crippen LogP contribution is 2.43. The van der Waals surface area contributed by atoms with Crippen LogP contribution in [-0.4, -0.2) is 48.2 Å². The fourth-order valence-electron chi connectivity index (χ4n) is 5.91. The molecule has 4 aromatic carbocycles. The predicted octanol–water partition coefficient (Wildman–Crippen LogP) is 5.50. The van der Waals surface area contributed by atoms with Crippen LogP contribution in [0.5, 0.6) is 5.75 Å². The molecule has 0 saturated carbocycles. The summed E-state index contributed by atoms with van der Waals surface area (Å²) in [5.41, 5.74) is 3.22. The van der Waals surface area contributed by atoms with E-state index in [4.69, 9.17) is 4.74 Å². The van der Waals surface area contributed by atoms with Gasteiger partial charge in [-0.25, -0.2) is 0 Å². The van der Waals surface area contributed by atoms with Gasteiger partial charge >= 0.3 is 0 Å². The monoisotopic (exact) mass is 559 g/mol. The molecule has 0 aromatic heterocycles. The van der Waals surface area contributed by atoms with E-state index >= 15 is 0 Å². The van der Waals surface area contributed by atoms with Crippen LogP contribution in [0.1, 0.15) is 56.0 Å². The summed E-state index contributed by atoms with van der Waals surface area (Å²) in [5.74, 6) is -0.939. The van der Waals surface area contributed by atoms with Gasteiger partial charge in [-0.1, -0.05) is 54.6 Å². The minimum atomic E-state index is -0.482. The Morgan fingerprint density at radius 2 is 1.48 bits per heavy atom. The number of para-hydroxylation sites is 2. The van der Waals surface area contributed by atoms with Gasteiger partial charge in [0.05, 0.1) is 24.3 Å². The van der Waals surface area contributed by atoms with Crippen molar-refractivity contribution in [2.24, 2.45) is 0 Å². The molecular formula is C34H29N3O5. The molecule has 4 amide bonds. The fraction of sp³-hybridized carbons (Fsp3) is 0.176. The van der Waals surface area contributed by atoms with Gasteiger partial charge in [0.1, 0.15) is 12.3 Å². The number of ether oxygens (including phenoxy) is 1. The first kappa shape index (κ1) is 27.0. The third-order valence-electron chi connectivity index (χ3n) is 7.88. The zero-order valence-corrected chi connectivity index (χ0v) is 23.3. The third kappa shape index (κ3) is 4.60. The first-order valence-corrected chi connectivity index (χ1v) is 13.8. The Morgan fingerprint density at radius 1 is 0.833 bits per heavy atom. The van der Waals surface area contributed by atoms with Crippen LogP contribution in [0.15, 0.2) is 103 Å².